The predicted molar refractivity (Wildman–Crippen MR) is 133 cm³/mol. The number of β-amino-alcohol motifs (C(OH)–C–C–N with tert-alkyl or cyclic N) is 1. The van der Waals surface area contributed by atoms with Crippen molar-refractivity contribution in [2.75, 3.05) is 33.2 Å². The molecule has 0 radical (unpaired) electrons. The van der Waals surface area contributed by atoms with E-state index in [1.54, 1.807) is 37.4 Å². The molecule has 1 aromatic rings. The lowest BCUT2D eigenvalue weighted by atomic mass is 9.96. The second-order valence-corrected chi connectivity index (χ2v) is 11.2. The number of halogens is 3. The summed E-state index contributed by atoms with van der Waals surface area (Å²) in [5.74, 6) is -1.15. The van der Waals surface area contributed by atoms with Gasteiger partial charge in [-0.25, -0.2) is 13.1 Å². The van der Waals surface area contributed by atoms with E-state index >= 15 is 0 Å². The largest absolute Gasteiger partial charge is 0.405 e. The number of sulfonamides is 1. The number of hydrogen-bond donors (Lipinski definition) is 3. The number of nitrogens with zero attached hydrogens (tertiary/aromatic N) is 2. The quantitative estimate of drug-likeness (QED) is 0.450. The topological polar surface area (TPSA) is 119 Å². The van der Waals surface area contributed by atoms with Gasteiger partial charge in [-0.3, -0.25) is 14.5 Å². The number of hydrogen-bond acceptors (Lipinski definition) is 6. The van der Waals surface area contributed by atoms with Crippen molar-refractivity contribution in [2.24, 2.45) is 0 Å². The Labute approximate surface area is 218 Å². The fourth-order valence-corrected chi connectivity index (χ4v) is 5.92. The van der Waals surface area contributed by atoms with Gasteiger partial charge in [-0.15, -0.1) is 0 Å². The van der Waals surface area contributed by atoms with Crippen molar-refractivity contribution >= 4 is 21.8 Å². The standard InChI is InChI=1S/C25H29F3N4O5S/c1-31(23(34)10-16-5-6-19-14-38(36,37)30-21(19)9-16)22(13-32-8-7-20(33)12-32)17-3-2-4-18(11-17)24(35)29-15-25(26,27)28/h2-6,9,11,14,20-22,30,33H,7-8,10,12-13,15H2,1H3,(H,29,35)/t20-,21-,22?/m0/s1. The molecular weight excluding hydrogens is 525 g/mol. The Morgan fingerprint density at radius 3 is 2.74 bits per heavy atom. The number of likely N-dealkylation sites (N-methyl/N-ethyl adjacent to an activating group) is 1. The van der Waals surface area contributed by atoms with Crippen molar-refractivity contribution < 1.29 is 36.3 Å². The molecule has 1 saturated heterocycles. The second kappa shape index (κ2) is 11.0. The Kier molecular flexibility index (Phi) is 8.12. The zero-order valence-corrected chi connectivity index (χ0v) is 21.4. The summed E-state index contributed by atoms with van der Waals surface area (Å²) in [5, 5.41) is 13.0. The van der Waals surface area contributed by atoms with E-state index in [1.165, 1.54) is 17.0 Å². The maximum absolute atomic E-state index is 13.3. The molecule has 4 rings (SSSR count). The summed E-state index contributed by atoms with van der Waals surface area (Å²) in [4.78, 5) is 29.2. The molecule has 1 aliphatic carbocycles. The molecule has 3 aliphatic rings. The minimum atomic E-state index is -4.55. The number of fused-ring (bicyclic) bond motifs is 1. The molecule has 2 heterocycles. The van der Waals surface area contributed by atoms with E-state index in [1.807, 2.05) is 10.2 Å². The summed E-state index contributed by atoms with van der Waals surface area (Å²) in [6.07, 6.45) is 0.546. The van der Waals surface area contributed by atoms with Crippen LogP contribution < -0.4 is 10.0 Å². The van der Waals surface area contributed by atoms with E-state index in [-0.39, 0.29) is 17.9 Å². The lowest BCUT2D eigenvalue weighted by Gasteiger charge is -2.32. The van der Waals surface area contributed by atoms with Crippen molar-refractivity contribution in [2.45, 2.75) is 37.2 Å². The van der Waals surface area contributed by atoms with E-state index in [2.05, 4.69) is 4.72 Å². The van der Waals surface area contributed by atoms with Crippen LogP contribution in [0.25, 0.3) is 0 Å². The van der Waals surface area contributed by atoms with Crippen LogP contribution in [0, 0.1) is 0 Å². The molecular formula is C25H29F3N4O5S. The van der Waals surface area contributed by atoms with Gasteiger partial charge in [-0.1, -0.05) is 30.4 Å². The maximum Gasteiger partial charge on any atom is 0.405 e. The Hall–Kier alpha value is -3.00. The summed E-state index contributed by atoms with van der Waals surface area (Å²) in [6, 6.07) is 5.03. The smallest absolute Gasteiger partial charge is 0.392 e. The van der Waals surface area contributed by atoms with Crippen molar-refractivity contribution in [1.29, 1.82) is 0 Å². The third-order valence-electron chi connectivity index (χ3n) is 6.69. The minimum absolute atomic E-state index is 0.0105. The Morgan fingerprint density at radius 1 is 1.29 bits per heavy atom. The average Bonchev–Trinajstić information content (AvgIpc) is 3.40. The van der Waals surface area contributed by atoms with Crippen LogP contribution >= 0.6 is 0 Å². The highest BCUT2D eigenvalue weighted by atomic mass is 32.2. The van der Waals surface area contributed by atoms with Crippen LogP contribution in [0.1, 0.15) is 34.8 Å². The Bertz CT molecular complexity index is 1290. The number of rotatable bonds is 8. The molecule has 13 heteroatoms. The van der Waals surface area contributed by atoms with Crippen molar-refractivity contribution in [3.8, 4) is 0 Å². The van der Waals surface area contributed by atoms with Crippen LogP contribution in [0.5, 0.6) is 0 Å². The highest BCUT2D eigenvalue weighted by Crippen LogP contribution is 2.28. The minimum Gasteiger partial charge on any atom is -0.392 e. The number of aliphatic hydroxyl groups is 1. The average molecular weight is 555 g/mol. The summed E-state index contributed by atoms with van der Waals surface area (Å²) >= 11 is 0. The lowest BCUT2D eigenvalue weighted by molar-refractivity contribution is -0.131. The number of nitrogens with one attached hydrogen (secondary N) is 2. The molecule has 3 atom stereocenters. The number of carbonyl (C=O) groups is 2. The fourth-order valence-electron chi connectivity index (χ4n) is 4.71. The second-order valence-electron chi connectivity index (χ2n) is 9.66. The van der Waals surface area contributed by atoms with Gasteiger partial charge in [0.15, 0.2) is 0 Å². The summed E-state index contributed by atoms with van der Waals surface area (Å²) in [6.45, 7) is -0.0945. The molecule has 9 nitrogen and oxygen atoms in total. The van der Waals surface area contributed by atoms with E-state index in [0.29, 0.717) is 42.8 Å². The molecule has 3 N–H and O–H groups in total. The number of allylic oxidation sites excluding steroid dienone is 1. The molecule has 1 unspecified atom stereocenters. The van der Waals surface area contributed by atoms with Crippen molar-refractivity contribution in [3.63, 3.8) is 0 Å². The van der Waals surface area contributed by atoms with Gasteiger partial charge in [0.25, 0.3) is 5.91 Å². The lowest BCUT2D eigenvalue weighted by Crippen LogP contribution is -2.39. The molecule has 1 fully saturated rings. The van der Waals surface area contributed by atoms with E-state index < -0.39 is 46.8 Å². The monoisotopic (exact) mass is 554 g/mol. The van der Waals surface area contributed by atoms with Crippen LogP contribution in [-0.4, -0.2) is 86.7 Å². The molecule has 0 spiro atoms. The van der Waals surface area contributed by atoms with Gasteiger partial charge < -0.3 is 15.3 Å². The van der Waals surface area contributed by atoms with Crippen LogP contribution in [0.4, 0.5) is 13.2 Å². The van der Waals surface area contributed by atoms with Gasteiger partial charge in [-0.2, -0.15) is 13.2 Å². The first-order valence-electron chi connectivity index (χ1n) is 12.0. The van der Waals surface area contributed by atoms with Crippen LogP contribution in [0.2, 0.25) is 0 Å². The van der Waals surface area contributed by atoms with E-state index in [0.717, 1.165) is 5.41 Å². The number of likely N-dealkylation sites (tertiary alicyclic amines) is 1. The molecule has 0 saturated carbocycles. The van der Waals surface area contributed by atoms with Crippen LogP contribution in [-0.2, 0) is 14.8 Å². The van der Waals surface area contributed by atoms with Gasteiger partial charge in [0.1, 0.15) is 6.54 Å². The Balaban J connectivity index is 1.52. The summed E-state index contributed by atoms with van der Waals surface area (Å²) < 4.78 is 63.8. The zero-order valence-electron chi connectivity index (χ0n) is 20.6. The third-order valence-corrected chi connectivity index (χ3v) is 7.85. The number of amides is 2. The SMILES string of the molecule is CN(C(=O)CC1=C[C@@H]2NS(=O)(=O)C=C2C=C1)C(CN1CC[C@H](O)C1)c1cccc(C(=O)NCC(F)(F)F)c1. The van der Waals surface area contributed by atoms with Crippen molar-refractivity contribution in [1.82, 2.24) is 19.8 Å². The molecule has 2 aliphatic heterocycles. The van der Waals surface area contributed by atoms with Gasteiger partial charge in [0.05, 0.1) is 30.0 Å². The highest BCUT2D eigenvalue weighted by Gasteiger charge is 2.31. The maximum atomic E-state index is 13.3. The van der Waals surface area contributed by atoms with Gasteiger partial charge >= 0.3 is 6.18 Å². The van der Waals surface area contributed by atoms with Gasteiger partial charge in [-0.05, 0) is 35.3 Å². The number of benzene rings is 1. The third kappa shape index (κ3) is 7.10. The summed E-state index contributed by atoms with van der Waals surface area (Å²) in [7, 11) is -1.91. The van der Waals surface area contributed by atoms with Crippen molar-refractivity contribution in [3.05, 3.63) is 70.2 Å². The highest BCUT2D eigenvalue weighted by molar-refractivity contribution is 7.92. The normalized spacial score (nSPS) is 23.4. The van der Waals surface area contributed by atoms with Gasteiger partial charge in [0, 0.05) is 32.2 Å². The molecule has 1 aromatic carbocycles. The fraction of sp³-hybridized carbons (Fsp3) is 0.440. The predicted octanol–water partition coefficient (Wildman–Crippen LogP) is 1.62. The first-order chi connectivity index (χ1) is 17.8. The van der Waals surface area contributed by atoms with E-state index in [4.69, 9.17) is 0 Å². The molecule has 206 valence electrons. The Morgan fingerprint density at radius 2 is 2.05 bits per heavy atom. The first-order valence-corrected chi connectivity index (χ1v) is 13.6. The zero-order chi connectivity index (χ0) is 27.7. The number of alkyl halides is 3. The summed E-state index contributed by atoms with van der Waals surface area (Å²) in [5.41, 5.74) is 1.80. The van der Waals surface area contributed by atoms with E-state index in [9.17, 15) is 36.3 Å². The molecule has 2 amide bonds. The molecule has 38 heavy (non-hydrogen) atoms. The van der Waals surface area contributed by atoms with Crippen LogP contribution in [0.15, 0.2) is 59.0 Å². The number of carbonyl (C=O) groups excluding carboxylic acids is 2. The first kappa shape index (κ1) is 28.0. The molecule has 0 bridgehead atoms. The van der Waals surface area contributed by atoms with Gasteiger partial charge in [0.2, 0.25) is 15.9 Å². The number of aliphatic hydroxyl groups excluding tert-OH is 1. The molecule has 0 aromatic heterocycles. The van der Waals surface area contributed by atoms with Crippen LogP contribution in [0.3, 0.4) is 0 Å².